The third-order valence-electron chi connectivity index (χ3n) is 5.90. The molecule has 2 heterocycles. The van der Waals surface area contributed by atoms with Gasteiger partial charge in [0.15, 0.2) is 5.11 Å². The first-order valence-corrected chi connectivity index (χ1v) is 11.9. The van der Waals surface area contributed by atoms with Crippen LogP contribution in [0.1, 0.15) is 56.3 Å². The van der Waals surface area contributed by atoms with Crippen molar-refractivity contribution in [3.05, 3.63) is 29.8 Å². The highest BCUT2D eigenvalue weighted by atomic mass is 32.1. The average molecular weight is 463 g/mol. The molecule has 1 aromatic rings. The normalized spacial score (nSPS) is 21.7. The number of carbonyl (C=O) groups excluding carboxylic acids is 2. The van der Waals surface area contributed by atoms with Gasteiger partial charge in [-0.05, 0) is 82.4 Å². The minimum atomic E-state index is -0.368. The standard InChI is InChI=1S/C23H34N4O4S/c1-3-30-13-5-12-24-23(32)27-19-10-11-20(27)15-18(14-19)26-22(29)25-17-8-6-16(7-9-17)21(28)31-4-2/h6-9,18-20H,3-5,10-15H2,1-2H3,(H,24,32)(H2,25,26,29)/t19-,20-/m1/s1. The van der Waals surface area contributed by atoms with Crippen LogP contribution in [0.3, 0.4) is 0 Å². The molecule has 0 aromatic heterocycles. The topological polar surface area (TPSA) is 91.9 Å². The number of fused-ring (bicyclic) bond motifs is 2. The van der Waals surface area contributed by atoms with Crippen molar-refractivity contribution in [2.45, 2.75) is 64.1 Å². The second kappa shape index (κ2) is 12.0. The fourth-order valence-electron chi connectivity index (χ4n) is 4.49. The molecule has 3 N–H and O–H groups in total. The number of amides is 2. The van der Waals surface area contributed by atoms with Crippen LogP contribution in [0.4, 0.5) is 10.5 Å². The molecule has 0 saturated carbocycles. The molecule has 0 aliphatic carbocycles. The second-order valence-corrected chi connectivity index (χ2v) is 8.53. The molecular weight excluding hydrogens is 428 g/mol. The van der Waals surface area contributed by atoms with Crippen LogP contribution in [-0.4, -0.2) is 66.5 Å². The number of esters is 1. The van der Waals surface area contributed by atoms with Gasteiger partial charge in [0.1, 0.15) is 0 Å². The van der Waals surface area contributed by atoms with Crippen molar-refractivity contribution >= 4 is 35.0 Å². The lowest BCUT2D eigenvalue weighted by molar-refractivity contribution is 0.0526. The van der Waals surface area contributed by atoms with Crippen molar-refractivity contribution in [3.63, 3.8) is 0 Å². The van der Waals surface area contributed by atoms with E-state index in [1.807, 2.05) is 6.92 Å². The van der Waals surface area contributed by atoms with Gasteiger partial charge < -0.3 is 30.3 Å². The maximum absolute atomic E-state index is 12.5. The maximum atomic E-state index is 12.5. The quantitative estimate of drug-likeness (QED) is 0.295. The van der Waals surface area contributed by atoms with E-state index in [0.717, 1.165) is 57.0 Å². The van der Waals surface area contributed by atoms with Crippen LogP contribution < -0.4 is 16.0 Å². The lowest BCUT2D eigenvalue weighted by atomic mass is 9.98. The van der Waals surface area contributed by atoms with Crippen molar-refractivity contribution in [2.24, 2.45) is 0 Å². The fraction of sp³-hybridized carbons (Fsp3) is 0.609. The molecule has 2 amide bonds. The zero-order valence-corrected chi connectivity index (χ0v) is 19.7. The van der Waals surface area contributed by atoms with Gasteiger partial charge in [-0.2, -0.15) is 0 Å². The van der Waals surface area contributed by atoms with Crippen LogP contribution in [0.2, 0.25) is 0 Å². The molecule has 2 atom stereocenters. The summed E-state index contributed by atoms with van der Waals surface area (Å²) in [5, 5.41) is 10.1. The Balaban J connectivity index is 1.44. The van der Waals surface area contributed by atoms with E-state index in [1.54, 1.807) is 31.2 Å². The Morgan fingerprint density at radius 3 is 2.41 bits per heavy atom. The van der Waals surface area contributed by atoms with Gasteiger partial charge in [0, 0.05) is 43.6 Å². The van der Waals surface area contributed by atoms with Crippen molar-refractivity contribution < 1.29 is 19.1 Å². The zero-order valence-electron chi connectivity index (χ0n) is 18.9. The second-order valence-electron chi connectivity index (χ2n) is 8.14. The Bertz CT molecular complexity index is 775. The first-order chi connectivity index (χ1) is 15.5. The molecule has 0 unspecified atom stereocenters. The van der Waals surface area contributed by atoms with Gasteiger partial charge in [-0.15, -0.1) is 0 Å². The molecule has 0 radical (unpaired) electrons. The van der Waals surface area contributed by atoms with Gasteiger partial charge >= 0.3 is 12.0 Å². The van der Waals surface area contributed by atoms with Crippen LogP contribution in [-0.2, 0) is 9.47 Å². The summed E-state index contributed by atoms with van der Waals surface area (Å²) in [6.07, 6.45) is 4.89. The molecule has 9 heteroatoms. The molecule has 32 heavy (non-hydrogen) atoms. The Morgan fingerprint density at radius 1 is 1.09 bits per heavy atom. The Morgan fingerprint density at radius 2 is 1.78 bits per heavy atom. The van der Waals surface area contributed by atoms with Crippen LogP contribution in [0.15, 0.2) is 24.3 Å². The van der Waals surface area contributed by atoms with Crippen LogP contribution in [0.25, 0.3) is 0 Å². The zero-order chi connectivity index (χ0) is 22.9. The predicted molar refractivity (Wildman–Crippen MR) is 128 cm³/mol. The maximum Gasteiger partial charge on any atom is 0.338 e. The Kier molecular flexibility index (Phi) is 9.11. The van der Waals surface area contributed by atoms with Gasteiger partial charge in [-0.3, -0.25) is 0 Å². The van der Waals surface area contributed by atoms with Gasteiger partial charge in [0.05, 0.1) is 12.2 Å². The largest absolute Gasteiger partial charge is 0.462 e. The number of ether oxygens (including phenoxy) is 2. The van der Waals surface area contributed by atoms with Gasteiger partial charge in [0.2, 0.25) is 0 Å². The van der Waals surface area contributed by atoms with Crippen LogP contribution in [0.5, 0.6) is 0 Å². The third kappa shape index (κ3) is 6.56. The highest BCUT2D eigenvalue weighted by molar-refractivity contribution is 7.80. The summed E-state index contributed by atoms with van der Waals surface area (Å²) in [5.74, 6) is -0.368. The average Bonchev–Trinajstić information content (AvgIpc) is 3.04. The van der Waals surface area contributed by atoms with Crippen molar-refractivity contribution in [2.75, 3.05) is 31.7 Å². The lowest BCUT2D eigenvalue weighted by Crippen LogP contribution is -2.55. The number of thiocarbonyl (C=S) groups is 1. The van der Waals surface area contributed by atoms with E-state index in [0.29, 0.717) is 29.9 Å². The number of urea groups is 1. The summed E-state index contributed by atoms with van der Waals surface area (Å²) in [6.45, 7) is 6.39. The predicted octanol–water partition coefficient (Wildman–Crippen LogP) is 3.28. The number of rotatable bonds is 9. The molecule has 2 fully saturated rings. The molecule has 176 valence electrons. The lowest BCUT2D eigenvalue weighted by Gasteiger charge is -2.40. The molecule has 2 aliphatic heterocycles. The minimum Gasteiger partial charge on any atom is -0.462 e. The monoisotopic (exact) mass is 462 g/mol. The minimum absolute atomic E-state index is 0.114. The fourth-order valence-corrected chi connectivity index (χ4v) is 4.89. The van der Waals surface area contributed by atoms with E-state index in [-0.39, 0.29) is 18.0 Å². The van der Waals surface area contributed by atoms with Gasteiger partial charge in [0.25, 0.3) is 0 Å². The number of piperidine rings is 1. The van der Waals surface area contributed by atoms with Gasteiger partial charge in [-0.25, -0.2) is 9.59 Å². The van der Waals surface area contributed by atoms with Crippen LogP contribution in [0, 0.1) is 0 Å². The van der Waals surface area contributed by atoms with Crippen molar-refractivity contribution in [1.82, 2.24) is 15.5 Å². The van der Waals surface area contributed by atoms with E-state index in [9.17, 15) is 9.59 Å². The summed E-state index contributed by atoms with van der Waals surface area (Å²) in [5.41, 5.74) is 1.10. The van der Waals surface area contributed by atoms with E-state index < -0.39 is 0 Å². The first kappa shape index (κ1) is 24.3. The number of carbonyl (C=O) groups is 2. The first-order valence-electron chi connectivity index (χ1n) is 11.5. The number of hydrogen-bond acceptors (Lipinski definition) is 5. The summed E-state index contributed by atoms with van der Waals surface area (Å²) in [4.78, 5) is 26.6. The Hall–Kier alpha value is -2.39. The van der Waals surface area contributed by atoms with Gasteiger partial charge in [-0.1, -0.05) is 0 Å². The molecule has 2 bridgehead atoms. The van der Waals surface area contributed by atoms with E-state index in [4.69, 9.17) is 21.7 Å². The van der Waals surface area contributed by atoms with E-state index in [2.05, 4.69) is 20.9 Å². The number of hydrogen-bond donors (Lipinski definition) is 3. The highest BCUT2D eigenvalue weighted by Gasteiger charge is 2.42. The van der Waals surface area contributed by atoms with Crippen LogP contribution >= 0.6 is 12.2 Å². The van der Waals surface area contributed by atoms with E-state index >= 15 is 0 Å². The molecule has 3 rings (SSSR count). The molecule has 0 spiro atoms. The van der Waals surface area contributed by atoms with Crippen molar-refractivity contribution in [1.29, 1.82) is 0 Å². The molecular formula is C23H34N4O4S. The molecule has 1 aromatic carbocycles. The summed E-state index contributed by atoms with van der Waals surface area (Å²) in [6, 6.07) is 7.29. The summed E-state index contributed by atoms with van der Waals surface area (Å²) >= 11 is 5.65. The number of nitrogens with zero attached hydrogens (tertiary/aromatic N) is 1. The third-order valence-corrected chi connectivity index (χ3v) is 6.26. The SMILES string of the molecule is CCOCCCNC(=S)N1[C@@H]2CC[C@@H]1CC(NC(=O)Nc1ccc(C(=O)OCC)cc1)C2. The summed E-state index contributed by atoms with van der Waals surface area (Å²) < 4.78 is 10.3. The molecule has 2 aliphatic rings. The van der Waals surface area contributed by atoms with E-state index in [1.165, 1.54) is 0 Å². The Labute approximate surface area is 195 Å². The van der Waals surface area contributed by atoms with Crippen molar-refractivity contribution in [3.8, 4) is 0 Å². The highest BCUT2D eigenvalue weighted by Crippen LogP contribution is 2.35. The molecule has 2 saturated heterocycles. The number of nitrogens with one attached hydrogen (secondary N) is 3. The number of benzene rings is 1. The molecule has 8 nitrogen and oxygen atoms in total. The number of anilines is 1. The summed E-state index contributed by atoms with van der Waals surface area (Å²) in [7, 11) is 0. The smallest absolute Gasteiger partial charge is 0.338 e.